The van der Waals surface area contributed by atoms with Gasteiger partial charge in [0.25, 0.3) is 5.91 Å². The predicted octanol–water partition coefficient (Wildman–Crippen LogP) is 2.66. The summed E-state index contributed by atoms with van der Waals surface area (Å²) in [4.78, 5) is 34.1. The highest BCUT2D eigenvalue weighted by molar-refractivity contribution is 6.04. The van der Waals surface area contributed by atoms with Crippen molar-refractivity contribution in [2.75, 3.05) is 13.1 Å². The molecule has 1 aliphatic rings. The molecule has 3 aromatic rings. The molecule has 4 rings (SSSR count). The first-order valence-corrected chi connectivity index (χ1v) is 8.78. The van der Waals surface area contributed by atoms with Crippen LogP contribution in [0.4, 0.5) is 0 Å². The molecule has 1 unspecified atom stereocenters. The van der Waals surface area contributed by atoms with E-state index < -0.39 is 0 Å². The predicted molar refractivity (Wildman–Crippen MR) is 98.6 cm³/mol. The van der Waals surface area contributed by atoms with Crippen molar-refractivity contribution in [1.82, 2.24) is 20.2 Å². The van der Waals surface area contributed by atoms with E-state index in [0.29, 0.717) is 24.0 Å². The zero-order chi connectivity index (χ0) is 17.9. The van der Waals surface area contributed by atoms with Crippen molar-refractivity contribution < 1.29 is 9.59 Å². The summed E-state index contributed by atoms with van der Waals surface area (Å²) in [5.41, 5.74) is 2.98. The molecule has 0 saturated carbocycles. The second kappa shape index (κ2) is 7.00. The number of fused-ring (bicyclic) bond motifs is 1. The van der Waals surface area contributed by atoms with Gasteiger partial charge in [-0.2, -0.15) is 0 Å². The minimum absolute atomic E-state index is 0.148. The number of carbonyl (C=O) groups excluding carboxylic acids is 2. The summed E-state index contributed by atoms with van der Waals surface area (Å²) in [6.07, 6.45) is 3.04. The monoisotopic (exact) mass is 348 g/mol. The maximum absolute atomic E-state index is 12.9. The van der Waals surface area contributed by atoms with Crippen LogP contribution in [0.15, 0.2) is 54.9 Å². The lowest BCUT2D eigenvalue weighted by molar-refractivity contribution is -0.128. The molecule has 1 aromatic heterocycles. The van der Waals surface area contributed by atoms with Crippen molar-refractivity contribution >= 4 is 22.8 Å². The van der Waals surface area contributed by atoms with Gasteiger partial charge in [-0.05, 0) is 24.1 Å². The number of hydrogen-bond donors (Lipinski definition) is 2. The Hall–Kier alpha value is -3.15. The normalized spacial score (nSPS) is 15.4. The maximum Gasteiger partial charge on any atom is 0.254 e. The van der Waals surface area contributed by atoms with Crippen molar-refractivity contribution in [2.45, 2.75) is 18.9 Å². The van der Waals surface area contributed by atoms with E-state index in [0.717, 1.165) is 24.0 Å². The second-order valence-corrected chi connectivity index (χ2v) is 6.48. The summed E-state index contributed by atoms with van der Waals surface area (Å²) in [6, 6.07) is 15.0. The molecule has 6 nitrogen and oxygen atoms in total. The first-order chi connectivity index (χ1) is 12.7. The number of rotatable bonds is 5. The van der Waals surface area contributed by atoms with Gasteiger partial charge >= 0.3 is 0 Å². The quantitative estimate of drug-likeness (QED) is 0.744. The summed E-state index contributed by atoms with van der Waals surface area (Å²) in [7, 11) is 0. The van der Waals surface area contributed by atoms with E-state index in [4.69, 9.17) is 0 Å². The summed E-state index contributed by atoms with van der Waals surface area (Å²) < 4.78 is 0. The fourth-order valence-corrected chi connectivity index (χ4v) is 3.42. The van der Waals surface area contributed by atoms with Gasteiger partial charge in [0.15, 0.2) is 0 Å². The SMILES string of the molecule is O=C(NC(CN1CCCC1=O)c1ccccc1)c1cccc2[nH]cnc12. The van der Waals surface area contributed by atoms with Gasteiger partial charge < -0.3 is 15.2 Å². The number of hydrogen-bond acceptors (Lipinski definition) is 3. The highest BCUT2D eigenvalue weighted by Gasteiger charge is 2.26. The molecule has 2 aromatic carbocycles. The molecular formula is C20H20N4O2. The number of carbonyl (C=O) groups is 2. The van der Waals surface area contributed by atoms with E-state index in [2.05, 4.69) is 15.3 Å². The lowest BCUT2D eigenvalue weighted by Gasteiger charge is -2.25. The summed E-state index contributed by atoms with van der Waals surface area (Å²) in [5, 5.41) is 3.09. The maximum atomic E-state index is 12.9. The van der Waals surface area contributed by atoms with Crippen molar-refractivity contribution in [3.05, 3.63) is 66.0 Å². The third kappa shape index (κ3) is 3.18. The van der Waals surface area contributed by atoms with Crippen molar-refractivity contribution in [3.8, 4) is 0 Å². The highest BCUT2D eigenvalue weighted by Crippen LogP contribution is 2.21. The Labute approximate surface area is 151 Å². The van der Waals surface area contributed by atoms with E-state index in [9.17, 15) is 9.59 Å². The molecule has 0 bridgehead atoms. The molecule has 1 atom stereocenters. The van der Waals surface area contributed by atoms with E-state index >= 15 is 0 Å². The van der Waals surface area contributed by atoms with Crippen LogP contribution in [0, 0.1) is 0 Å². The van der Waals surface area contributed by atoms with Crippen LogP contribution < -0.4 is 5.32 Å². The Balaban J connectivity index is 1.60. The molecule has 26 heavy (non-hydrogen) atoms. The number of nitrogens with one attached hydrogen (secondary N) is 2. The molecule has 0 aliphatic carbocycles. The molecule has 1 fully saturated rings. The van der Waals surface area contributed by atoms with Crippen molar-refractivity contribution in [2.24, 2.45) is 0 Å². The number of para-hydroxylation sites is 1. The van der Waals surface area contributed by atoms with Gasteiger partial charge in [0.05, 0.1) is 23.4 Å². The number of imidazole rings is 1. The fraction of sp³-hybridized carbons (Fsp3) is 0.250. The molecule has 2 N–H and O–H groups in total. The Bertz CT molecular complexity index is 935. The first-order valence-electron chi connectivity index (χ1n) is 8.78. The van der Waals surface area contributed by atoms with Gasteiger partial charge in [-0.25, -0.2) is 4.98 Å². The van der Waals surface area contributed by atoms with Crippen LogP contribution in [0.1, 0.15) is 34.8 Å². The first kappa shape index (κ1) is 16.3. The molecule has 2 amide bonds. The fourth-order valence-electron chi connectivity index (χ4n) is 3.42. The largest absolute Gasteiger partial charge is 0.345 e. The minimum Gasteiger partial charge on any atom is -0.345 e. The average molecular weight is 348 g/mol. The highest BCUT2D eigenvalue weighted by atomic mass is 16.2. The molecule has 1 aliphatic heterocycles. The third-order valence-electron chi connectivity index (χ3n) is 4.78. The van der Waals surface area contributed by atoms with E-state index in [1.165, 1.54) is 0 Å². The van der Waals surface area contributed by atoms with Crippen LogP contribution in [0.25, 0.3) is 11.0 Å². The summed E-state index contributed by atoms with van der Waals surface area (Å²) in [6.45, 7) is 1.22. The molecule has 0 spiro atoms. The summed E-state index contributed by atoms with van der Waals surface area (Å²) >= 11 is 0. The van der Waals surface area contributed by atoms with E-state index in [1.54, 1.807) is 12.4 Å². The second-order valence-electron chi connectivity index (χ2n) is 6.48. The smallest absolute Gasteiger partial charge is 0.254 e. The number of nitrogens with zero attached hydrogens (tertiary/aromatic N) is 2. The molecule has 1 saturated heterocycles. The Morgan fingerprint density at radius 1 is 1.19 bits per heavy atom. The van der Waals surface area contributed by atoms with Gasteiger partial charge in [-0.15, -0.1) is 0 Å². The van der Waals surface area contributed by atoms with Crippen LogP contribution in [0.2, 0.25) is 0 Å². The van der Waals surface area contributed by atoms with E-state index in [-0.39, 0.29) is 17.9 Å². The topological polar surface area (TPSA) is 78.1 Å². The number of aromatic amines is 1. The van der Waals surface area contributed by atoms with Gasteiger partial charge in [0.2, 0.25) is 5.91 Å². The lowest BCUT2D eigenvalue weighted by atomic mass is 10.1. The molecular weight excluding hydrogens is 328 g/mol. The number of benzene rings is 2. The zero-order valence-electron chi connectivity index (χ0n) is 14.3. The number of amides is 2. The van der Waals surface area contributed by atoms with Crippen LogP contribution in [0.3, 0.4) is 0 Å². The zero-order valence-corrected chi connectivity index (χ0v) is 14.3. The lowest BCUT2D eigenvalue weighted by Crippen LogP contribution is -2.38. The molecule has 0 radical (unpaired) electrons. The van der Waals surface area contributed by atoms with Crippen LogP contribution >= 0.6 is 0 Å². The Kier molecular flexibility index (Phi) is 4.39. The third-order valence-corrected chi connectivity index (χ3v) is 4.78. The van der Waals surface area contributed by atoms with Crippen molar-refractivity contribution in [3.63, 3.8) is 0 Å². The number of likely N-dealkylation sites (tertiary alicyclic amines) is 1. The summed E-state index contributed by atoms with van der Waals surface area (Å²) in [5.74, 6) is -0.0437. The van der Waals surface area contributed by atoms with Gasteiger partial charge in [0, 0.05) is 19.5 Å². The average Bonchev–Trinajstić information content (AvgIpc) is 3.30. The number of aromatic nitrogens is 2. The van der Waals surface area contributed by atoms with Gasteiger partial charge in [0.1, 0.15) is 5.52 Å². The van der Waals surface area contributed by atoms with Gasteiger partial charge in [-0.3, -0.25) is 9.59 Å². The molecule has 2 heterocycles. The van der Waals surface area contributed by atoms with E-state index in [1.807, 2.05) is 47.4 Å². The van der Waals surface area contributed by atoms with Crippen LogP contribution in [0.5, 0.6) is 0 Å². The minimum atomic E-state index is -0.264. The standard InChI is InChI=1S/C20H20N4O2/c25-18-10-5-11-24(18)12-17(14-6-2-1-3-7-14)23-20(26)15-8-4-9-16-19(15)22-13-21-16/h1-4,6-9,13,17H,5,10-12H2,(H,21,22)(H,23,26). The molecule has 6 heteroatoms. The van der Waals surface area contributed by atoms with Gasteiger partial charge in [-0.1, -0.05) is 36.4 Å². The number of H-pyrrole nitrogens is 1. The Morgan fingerprint density at radius 3 is 2.81 bits per heavy atom. The van der Waals surface area contributed by atoms with Crippen LogP contribution in [-0.4, -0.2) is 39.8 Å². The van der Waals surface area contributed by atoms with Crippen molar-refractivity contribution in [1.29, 1.82) is 0 Å². The van der Waals surface area contributed by atoms with Crippen LogP contribution in [-0.2, 0) is 4.79 Å². The molecule has 132 valence electrons. The Morgan fingerprint density at radius 2 is 2.04 bits per heavy atom.